The van der Waals surface area contributed by atoms with Crippen molar-refractivity contribution in [3.63, 3.8) is 0 Å². The minimum atomic E-state index is -1.21. The number of hydrogen-bond donors (Lipinski definition) is 2. The fourth-order valence-corrected chi connectivity index (χ4v) is 4.65. The maximum absolute atomic E-state index is 12.2. The number of carbonyl (C=O) groups excluding carboxylic acids is 1. The third kappa shape index (κ3) is 1.10. The Morgan fingerprint density at radius 2 is 1.83 bits per heavy atom. The zero-order valence-electron chi connectivity index (χ0n) is 11.3. The highest BCUT2D eigenvalue weighted by atomic mass is 16.3. The smallest absolute Gasteiger partial charge is 0.163 e. The van der Waals surface area contributed by atoms with Gasteiger partial charge in [0.15, 0.2) is 5.78 Å². The van der Waals surface area contributed by atoms with Crippen molar-refractivity contribution in [2.24, 2.45) is 23.2 Å². The number of rotatable bonds is 0. The highest BCUT2D eigenvalue weighted by Gasteiger charge is 2.68. The highest BCUT2D eigenvalue weighted by Crippen LogP contribution is 2.63. The van der Waals surface area contributed by atoms with Crippen molar-refractivity contribution in [3.8, 4) is 0 Å². The van der Waals surface area contributed by atoms with Crippen LogP contribution in [-0.2, 0) is 4.79 Å². The number of hydrogen-bond acceptors (Lipinski definition) is 3. The molecule has 5 atom stereocenters. The van der Waals surface area contributed by atoms with Crippen molar-refractivity contribution in [2.75, 3.05) is 0 Å². The number of aliphatic hydroxyl groups is 2. The van der Waals surface area contributed by atoms with Gasteiger partial charge in [-0.05, 0) is 31.3 Å². The average molecular weight is 248 g/mol. The van der Waals surface area contributed by atoms with E-state index < -0.39 is 17.1 Å². The van der Waals surface area contributed by atoms with Crippen LogP contribution in [0.3, 0.4) is 0 Å². The van der Waals surface area contributed by atoms with E-state index in [1.807, 2.05) is 27.7 Å². The molecule has 3 nitrogen and oxygen atoms in total. The van der Waals surface area contributed by atoms with Gasteiger partial charge >= 0.3 is 0 Å². The number of aliphatic hydroxyl groups excluding tert-OH is 1. The third-order valence-electron chi connectivity index (χ3n) is 5.33. The molecule has 0 heterocycles. The Morgan fingerprint density at radius 1 is 1.22 bits per heavy atom. The molecule has 0 aromatic rings. The van der Waals surface area contributed by atoms with E-state index in [1.54, 1.807) is 12.2 Å². The number of carbonyl (C=O) groups is 1. The Kier molecular flexibility index (Phi) is 2.12. The second kappa shape index (κ2) is 3.14. The van der Waals surface area contributed by atoms with Crippen LogP contribution in [0.2, 0.25) is 0 Å². The van der Waals surface area contributed by atoms with Crippen molar-refractivity contribution in [2.45, 2.75) is 39.4 Å². The Labute approximate surface area is 107 Å². The van der Waals surface area contributed by atoms with E-state index in [4.69, 9.17) is 0 Å². The van der Waals surface area contributed by atoms with Gasteiger partial charge in [0.1, 0.15) is 5.60 Å². The fourth-order valence-electron chi connectivity index (χ4n) is 4.65. The van der Waals surface area contributed by atoms with E-state index in [1.165, 1.54) is 0 Å². The van der Waals surface area contributed by atoms with Crippen LogP contribution in [-0.4, -0.2) is 27.7 Å². The van der Waals surface area contributed by atoms with Crippen molar-refractivity contribution in [1.82, 2.24) is 0 Å². The second-order valence-electron chi connectivity index (χ2n) is 6.77. The van der Waals surface area contributed by atoms with Crippen molar-refractivity contribution >= 4 is 5.78 Å². The molecule has 3 heteroatoms. The van der Waals surface area contributed by atoms with Crippen LogP contribution in [0.1, 0.15) is 27.7 Å². The van der Waals surface area contributed by atoms with E-state index in [0.717, 1.165) is 11.1 Å². The minimum absolute atomic E-state index is 0.000000000000000222. The zero-order chi connectivity index (χ0) is 13.5. The quantitative estimate of drug-likeness (QED) is 0.638. The lowest BCUT2D eigenvalue weighted by atomic mass is 9.60. The van der Waals surface area contributed by atoms with Crippen LogP contribution >= 0.6 is 0 Å². The van der Waals surface area contributed by atoms with Crippen molar-refractivity contribution in [1.29, 1.82) is 0 Å². The van der Waals surface area contributed by atoms with Gasteiger partial charge < -0.3 is 10.2 Å². The van der Waals surface area contributed by atoms with Gasteiger partial charge in [-0.2, -0.15) is 0 Å². The van der Waals surface area contributed by atoms with E-state index in [9.17, 15) is 15.0 Å². The Balaban J connectivity index is 2.30. The average Bonchev–Trinajstić information content (AvgIpc) is 2.35. The summed E-state index contributed by atoms with van der Waals surface area (Å²) in [4.78, 5) is 12.2. The molecule has 0 aromatic heterocycles. The predicted molar refractivity (Wildman–Crippen MR) is 67.7 cm³/mol. The normalized spacial score (nSPS) is 48.9. The molecule has 0 aliphatic heterocycles. The minimum Gasteiger partial charge on any atom is -0.389 e. The third-order valence-corrected chi connectivity index (χ3v) is 5.33. The first kappa shape index (κ1) is 12.1. The van der Waals surface area contributed by atoms with Gasteiger partial charge in [0.05, 0.1) is 6.10 Å². The molecule has 3 rings (SSSR count). The Morgan fingerprint density at radius 3 is 2.44 bits per heavy atom. The van der Waals surface area contributed by atoms with E-state index in [-0.39, 0.29) is 23.5 Å². The number of ketones is 1. The summed E-state index contributed by atoms with van der Waals surface area (Å²) in [6.07, 6.45) is 2.56. The van der Waals surface area contributed by atoms with Crippen LogP contribution < -0.4 is 0 Å². The molecule has 98 valence electrons. The maximum atomic E-state index is 12.2. The monoisotopic (exact) mass is 248 g/mol. The van der Waals surface area contributed by atoms with Crippen molar-refractivity contribution < 1.29 is 15.0 Å². The lowest BCUT2D eigenvalue weighted by molar-refractivity contribution is -0.121. The molecule has 0 spiro atoms. The first-order valence-corrected chi connectivity index (χ1v) is 6.53. The van der Waals surface area contributed by atoms with Crippen LogP contribution in [0.15, 0.2) is 23.3 Å². The lowest BCUT2D eigenvalue weighted by Gasteiger charge is -2.44. The van der Waals surface area contributed by atoms with E-state index in [0.29, 0.717) is 0 Å². The molecule has 3 aliphatic rings. The molecule has 0 radical (unpaired) electrons. The molecule has 3 unspecified atom stereocenters. The lowest BCUT2D eigenvalue weighted by Crippen LogP contribution is -2.48. The molecule has 0 aromatic carbocycles. The summed E-state index contributed by atoms with van der Waals surface area (Å²) in [5.74, 6) is -0.188. The van der Waals surface area contributed by atoms with Crippen molar-refractivity contribution in [3.05, 3.63) is 23.3 Å². The number of allylic oxidation sites excluding steroid dienone is 2. The molecular weight excluding hydrogens is 228 g/mol. The maximum Gasteiger partial charge on any atom is 0.163 e. The van der Waals surface area contributed by atoms with Crippen LogP contribution in [0, 0.1) is 23.2 Å². The Hall–Kier alpha value is -0.930. The molecule has 0 amide bonds. The van der Waals surface area contributed by atoms with Gasteiger partial charge in [-0.1, -0.05) is 31.1 Å². The fraction of sp³-hybridized carbons (Fsp3) is 0.667. The van der Waals surface area contributed by atoms with Crippen LogP contribution in [0.4, 0.5) is 0 Å². The van der Waals surface area contributed by atoms with Gasteiger partial charge in [-0.25, -0.2) is 0 Å². The molecule has 1 saturated carbocycles. The summed E-state index contributed by atoms with van der Waals surface area (Å²) in [7, 11) is 0. The zero-order valence-corrected chi connectivity index (χ0v) is 11.3. The first-order chi connectivity index (χ1) is 8.21. The largest absolute Gasteiger partial charge is 0.389 e. The summed E-state index contributed by atoms with van der Waals surface area (Å²) in [5, 5.41) is 21.4. The molecule has 0 saturated heterocycles. The molecule has 3 aliphatic carbocycles. The molecule has 18 heavy (non-hydrogen) atoms. The second-order valence-corrected chi connectivity index (χ2v) is 6.77. The SMILES string of the molecule is CC1=C[C@@]2(O)C3C(C)=CC(=O)C1C3C(C)(C)[C@@H]2O. The summed E-state index contributed by atoms with van der Waals surface area (Å²) in [5.41, 5.74) is 0.133. The summed E-state index contributed by atoms with van der Waals surface area (Å²) < 4.78 is 0. The van der Waals surface area contributed by atoms with E-state index in [2.05, 4.69) is 0 Å². The molecule has 1 fully saturated rings. The van der Waals surface area contributed by atoms with Gasteiger partial charge in [0, 0.05) is 11.8 Å². The predicted octanol–water partition coefficient (Wildman–Crippen LogP) is 1.46. The first-order valence-electron chi connectivity index (χ1n) is 6.53. The Bertz CT molecular complexity index is 500. The molecular formula is C15H20O3. The van der Waals surface area contributed by atoms with E-state index >= 15 is 0 Å². The summed E-state index contributed by atoms with van der Waals surface area (Å²) >= 11 is 0. The summed E-state index contributed by atoms with van der Waals surface area (Å²) in [6, 6.07) is 0. The molecule has 4 bridgehead atoms. The molecule has 2 N–H and O–H groups in total. The van der Waals surface area contributed by atoms with Gasteiger partial charge in [-0.3, -0.25) is 4.79 Å². The van der Waals surface area contributed by atoms with Crippen LogP contribution in [0.5, 0.6) is 0 Å². The standard InChI is InChI=1S/C15H20O3/c1-7-5-9(16)10-8(2)6-15(18)11(7)12(10)14(3,4)13(15)17/h5-6,10-13,17-18H,1-4H3/t10?,11?,12?,13-,15+/m0/s1. The van der Waals surface area contributed by atoms with Gasteiger partial charge in [-0.15, -0.1) is 0 Å². The summed E-state index contributed by atoms with van der Waals surface area (Å²) in [6.45, 7) is 7.69. The highest BCUT2D eigenvalue weighted by molar-refractivity contribution is 5.96. The van der Waals surface area contributed by atoms with Crippen LogP contribution in [0.25, 0.3) is 0 Å². The topological polar surface area (TPSA) is 57.5 Å². The van der Waals surface area contributed by atoms with Gasteiger partial charge in [0.25, 0.3) is 0 Å². The van der Waals surface area contributed by atoms with Gasteiger partial charge in [0.2, 0.25) is 0 Å².